The Morgan fingerprint density at radius 2 is 1.70 bits per heavy atom. The molecule has 2 amide bonds. The van der Waals surface area contributed by atoms with Crippen LogP contribution in [0.1, 0.15) is 53.0 Å². The van der Waals surface area contributed by atoms with Gasteiger partial charge in [0.25, 0.3) is 5.91 Å². The van der Waals surface area contributed by atoms with Gasteiger partial charge >= 0.3 is 12.3 Å². The number of unbranched alkanes of at least 4 members (excludes halogenated alkanes) is 1. The SMILES string of the molecule is CC(C)(C)C(Cn1ccc(-c2ccc(C(F)(F)F)cc2)n1)OC(=O)NCC(=O)C(=O)Nc1nccs1.CCCC. The van der Waals surface area contributed by atoms with Gasteiger partial charge in [0, 0.05) is 28.8 Å². The molecule has 3 rings (SSSR count). The van der Waals surface area contributed by atoms with Crippen molar-refractivity contribution in [2.75, 3.05) is 11.9 Å². The summed E-state index contributed by atoms with van der Waals surface area (Å²) in [6.45, 7) is 9.48. The predicted octanol–water partition coefficient (Wildman–Crippen LogP) is 6.18. The Morgan fingerprint density at radius 1 is 1.05 bits per heavy atom. The van der Waals surface area contributed by atoms with Crippen molar-refractivity contribution in [3.63, 3.8) is 0 Å². The van der Waals surface area contributed by atoms with Crippen LogP contribution in [0.5, 0.6) is 0 Å². The van der Waals surface area contributed by atoms with Gasteiger partial charge in [-0.2, -0.15) is 18.3 Å². The molecule has 2 heterocycles. The molecule has 2 N–H and O–H groups in total. The number of anilines is 1. The molecule has 40 heavy (non-hydrogen) atoms. The van der Waals surface area contributed by atoms with Crippen LogP contribution in [-0.4, -0.2) is 45.2 Å². The highest BCUT2D eigenvalue weighted by Gasteiger charge is 2.31. The second kappa shape index (κ2) is 14.6. The first-order chi connectivity index (χ1) is 18.7. The van der Waals surface area contributed by atoms with Gasteiger partial charge in [0.05, 0.1) is 24.3 Å². The molecule has 0 saturated heterocycles. The van der Waals surface area contributed by atoms with Gasteiger partial charge in [-0.25, -0.2) is 9.78 Å². The van der Waals surface area contributed by atoms with Gasteiger partial charge in [-0.3, -0.25) is 19.6 Å². The summed E-state index contributed by atoms with van der Waals surface area (Å²) >= 11 is 1.15. The lowest BCUT2D eigenvalue weighted by atomic mass is 9.89. The first-order valence-electron chi connectivity index (χ1n) is 12.6. The van der Waals surface area contributed by atoms with Crippen LogP contribution in [0.15, 0.2) is 48.1 Å². The molecule has 0 radical (unpaired) electrons. The average molecular weight is 582 g/mol. The summed E-state index contributed by atoms with van der Waals surface area (Å²) in [7, 11) is 0. The molecule has 9 nitrogen and oxygen atoms in total. The molecule has 13 heteroatoms. The largest absolute Gasteiger partial charge is 0.444 e. The normalized spacial score (nSPS) is 12.1. The minimum absolute atomic E-state index is 0.149. The zero-order valence-electron chi connectivity index (χ0n) is 23.0. The number of ketones is 1. The van der Waals surface area contributed by atoms with Crippen LogP contribution in [-0.2, 0) is 27.0 Å². The fraction of sp³-hybridized carbons (Fsp3) is 0.444. The molecule has 0 aliphatic heterocycles. The summed E-state index contributed by atoms with van der Waals surface area (Å²) in [5, 5.41) is 10.9. The fourth-order valence-electron chi connectivity index (χ4n) is 2.96. The van der Waals surface area contributed by atoms with E-state index >= 15 is 0 Å². The molecule has 2 aromatic heterocycles. The van der Waals surface area contributed by atoms with Crippen molar-refractivity contribution in [3.05, 3.63) is 53.7 Å². The second-order valence-electron chi connectivity index (χ2n) is 9.83. The number of ether oxygens (including phenoxy) is 1. The van der Waals surface area contributed by atoms with E-state index in [2.05, 4.69) is 34.6 Å². The van der Waals surface area contributed by atoms with Crippen molar-refractivity contribution in [1.29, 1.82) is 0 Å². The van der Waals surface area contributed by atoms with Crippen molar-refractivity contribution >= 4 is 34.3 Å². The summed E-state index contributed by atoms with van der Waals surface area (Å²) < 4.78 is 45.4. The van der Waals surface area contributed by atoms with E-state index in [-0.39, 0.29) is 11.7 Å². The topological polar surface area (TPSA) is 115 Å². The highest BCUT2D eigenvalue weighted by atomic mass is 32.1. The number of hydrogen-bond donors (Lipinski definition) is 2. The first-order valence-corrected chi connectivity index (χ1v) is 13.5. The number of alkyl carbamates (subject to hydrolysis) is 1. The number of rotatable bonds is 9. The highest BCUT2D eigenvalue weighted by molar-refractivity contribution is 7.13. The van der Waals surface area contributed by atoms with Crippen molar-refractivity contribution < 1.29 is 32.3 Å². The van der Waals surface area contributed by atoms with Crippen LogP contribution in [0, 0.1) is 5.41 Å². The number of halogens is 3. The molecule has 1 unspecified atom stereocenters. The third-order valence-corrected chi connectivity index (χ3v) is 6.20. The van der Waals surface area contributed by atoms with E-state index in [4.69, 9.17) is 4.74 Å². The minimum atomic E-state index is -4.43. The molecule has 0 bridgehead atoms. The number of carbonyl (C=O) groups excluding carboxylic acids is 3. The molecule has 0 saturated carbocycles. The Hall–Kier alpha value is -3.74. The van der Waals surface area contributed by atoms with Crippen LogP contribution in [0.25, 0.3) is 11.3 Å². The lowest BCUT2D eigenvalue weighted by Gasteiger charge is -2.30. The van der Waals surface area contributed by atoms with E-state index in [0.717, 1.165) is 23.5 Å². The number of nitrogens with one attached hydrogen (secondary N) is 2. The summed E-state index contributed by atoms with van der Waals surface area (Å²) in [5.41, 5.74) is -0.318. The lowest BCUT2D eigenvalue weighted by Crippen LogP contribution is -2.41. The smallest absolute Gasteiger partial charge is 0.416 e. The van der Waals surface area contributed by atoms with Gasteiger partial charge in [-0.1, -0.05) is 59.6 Å². The summed E-state index contributed by atoms with van der Waals surface area (Å²) in [4.78, 5) is 40.0. The number of aromatic nitrogens is 3. The zero-order valence-corrected chi connectivity index (χ0v) is 23.9. The Bertz CT molecular complexity index is 1230. The molecule has 0 fully saturated rings. The van der Waals surface area contributed by atoms with Gasteiger partial charge in [0.2, 0.25) is 5.78 Å². The van der Waals surface area contributed by atoms with Crippen LogP contribution in [0.4, 0.5) is 23.1 Å². The molecular formula is C27H34F3N5O4S. The van der Waals surface area contributed by atoms with Crippen molar-refractivity contribution in [1.82, 2.24) is 20.1 Å². The number of nitrogens with zero attached hydrogens (tertiary/aromatic N) is 3. The van der Waals surface area contributed by atoms with Crippen LogP contribution in [0.2, 0.25) is 0 Å². The molecule has 1 aromatic carbocycles. The number of carbonyl (C=O) groups is 3. The molecule has 218 valence electrons. The quantitative estimate of drug-likeness (QED) is 0.292. The van der Waals surface area contributed by atoms with Gasteiger partial charge < -0.3 is 10.1 Å². The molecule has 0 spiro atoms. The maximum atomic E-state index is 12.8. The Labute approximate surface area is 235 Å². The van der Waals surface area contributed by atoms with E-state index in [0.29, 0.717) is 11.3 Å². The van der Waals surface area contributed by atoms with E-state index < -0.39 is 47.6 Å². The monoisotopic (exact) mass is 581 g/mol. The van der Waals surface area contributed by atoms with Crippen molar-refractivity contribution in [2.45, 2.75) is 66.3 Å². The summed E-state index contributed by atoms with van der Waals surface area (Å²) in [5.74, 6) is -1.78. The highest BCUT2D eigenvalue weighted by Crippen LogP contribution is 2.31. The maximum absolute atomic E-state index is 12.8. The minimum Gasteiger partial charge on any atom is -0.444 e. The van der Waals surface area contributed by atoms with E-state index in [1.54, 1.807) is 17.6 Å². The van der Waals surface area contributed by atoms with Gasteiger partial charge in [-0.15, -0.1) is 11.3 Å². The van der Waals surface area contributed by atoms with E-state index in [9.17, 15) is 27.6 Å². The molecule has 3 aromatic rings. The molecular weight excluding hydrogens is 547 g/mol. The molecule has 1 atom stereocenters. The number of benzene rings is 1. The molecule has 0 aliphatic rings. The maximum Gasteiger partial charge on any atom is 0.416 e. The summed E-state index contributed by atoms with van der Waals surface area (Å²) in [6, 6.07) is 6.28. The lowest BCUT2D eigenvalue weighted by molar-refractivity contribution is -0.137. The Morgan fingerprint density at radius 3 is 2.23 bits per heavy atom. The summed E-state index contributed by atoms with van der Waals surface area (Å²) in [6.07, 6.45) is -0.262. The standard InChI is InChI=1S/C23H24F3N5O4S.C4H10/c1-22(2,3)18(35-21(34)28-12-17(32)19(33)29-20-27-9-11-36-20)13-31-10-8-16(30-31)14-4-6-15(7-5-14)23(24,25)26;1-3-4-2/h4-11,18H,12-13H2,1-3H3,(H,28,34)(H,27,29,33);3-4H2,1-2H3. The fourth-order valence-corrected chi connectivity index (χ4v) is 3.48. The van der Waals surface area contributed by atoms with E-state index in [1.165, 1.54) is 35.9 Å². The third kappa shape index (κ3) is 10.4. The number of thiazole rings is 1. The molecule has 0 aliphatic carbocycles. The Kier molecular flexibility index (Phi) is 11.8. The number of alkyl halides is 3. The predicted molar refractivity (Wildman–Crippen MR) is 147 cm³/mol. The van der Waals surface area contributed by atoms with Crippen molar-refractivity contribution in [2.24, 2.45) is 5.41 Å². The van der Waals surface area contributed by atoms with Gasteiger partial charge in [-0.05, 0) is 18.2 Å². The van der Waals surface area contributed by atoms with Crippen LogP contribution in [0.3, 0.4) is 0 Å². The zero-order chi connectivity index (χ0) is 29.9. The Balaban J connectivity index is 0.00000131. The first kappa shape index (κ1) is 32.5. The van der Waals surface area contributed by atoms with Crippen molar-refractivity contribution in [3.8, 4) is 11.3 Å². The van der Waals surface area contributed by atoms with E-state index in [1.807, 2.05) is 20.8 Å². The number of Topliss-reactive ketones (excluding diaryl/α,β-unsaturated/α-hetero) is 1. The van der Waals surface area contributed by atoms with Gasteiger partial charge in [0.1, 0.15) is 6.10 Å². The number of hydrogen-bond acceptors (Lipinski definition) is 7. The van der Waals surface area contributed by atoms with Gasteiger partial charge in [0.15, 0.2) is 5.13 Å². The van der Waals surface area contributed by atoms with Crippen LogP contribution >= 0.6 is 11.3 Å². The third-order valence-electron chi connectivity index (χ3n) is 5.52. The second-order valence-corrected chi connectivity index (χ2v) is 10.7. The average Bonchev–Trinajstić information content (AvgIpc) is 3.58. The van der Waals surface area contributed by atoms with Crippen LogP contribution < -0.4 is 10.6 Å². The number of amides is 2.